The molecule has 0 spiro atoms. The highest BCUT2D eigenvalue weighted by atomic mass is 16.5. The number of hydrogen-bond donors (Lipinski definition) is 2. The second kappa shape index (κ2) is 8.93. The van der Waals surface area contributed by atoms with Crippen LogP contribution in [0.25, 0.3) is 0 Å². The van der Waals surface area contributed by atoms with E-state index in [1.54, 1.807) is 12.5 Å². The van der Waals surface area contributed by atoms with Gasteiger partial charge < -0.3 is 29.8 Å². The largest absolute Gasteiger partial charge is 0.493 e. The van der Waals surface area contributed by atoms with Crippen LogP contribution < -0.4 is 25.3 Å². The number of amides is 1. The number of nitrogens with two attached hydrogens (primary N) is 1. The molecule has 136 valence electrons. The molecule has 0 aliphatic heterocycles. The predicted octanol–water partition coefficient (Wildman–Crippen LogP) is 0.943. The fraction of sp³-hybridized carbons (Fsp3) is 0.412. The number of hydrogen-bond acceptors (Lipinski definition) is 6. The fourth-order valence-electron chi connectivity index (χ4n) is 2.39. The standard InChI is InChI=1S/C17H24N4O4/c1-12(9-21-5-4-19-11-21)20-8-13-6-14(23-2)17(15(7-13)24-3)25-10-16(18)22/h4-7,11-12,20H,8-10H2,1-3H3,(H2,18,22)/t12-/m0/s1. The van der Waals surface area contributed by atoms with Crippen molar-refractivity contribution in [1.82, 2.24) is 14.9 Å². The highest BCUT2D eigenvalue weighted by molar-refractivity contribution is 5.75. The summed E-state index contributed by atoms with van der Waals surface area (Å²) in [5, 5.41) is 3.43. The molecule has 8 nitrogen and oxygen atoms in total. The lowest BCUT2D eigenvalue weighted by Crippen LogP contribution is -2.29. The van der Waals surface area contributed by atoms with Gasteiger partial charge in [-0.1, -0.05) is 0 Å². The van der Waals surface area contributed by atoms with Crippen molar-refractivity contribution in [2.24, 2.45) is 5.73 Å². The van der Waals surface area contributed by atoms with Gasteiger partial charge in [0.05, 0.1) is 20.5 Å². The van der Waals surface area contributed by atoms with Crippen LogP contribution in [-0.4, -0.2) is 42.3 Å². The van der Waals surface area contributed by atoms with Crippen LogP contribution in [0, 0.1) is 0 Å². The van der Waals surface area contributed by atoms with Gasteiger partial charge in [-0.2, -0.15) is 0 Å². The van der Waals surface area contributed by atoms with Crippen LogP contribution in [0.5, 0.6) is 17.2 Å². The number of carbonyl (C=O) groups excluding carboxylic acids is 1. The number of methoxy groups -OCH3 is 2. The minimum atomic E-state index is -0.567. The van der Waals surface area contributed by atoms with E-state index in [2.05, 4.69) is 17.2 Å². The molecule has 0 aliphatic carbocycles. The number of carbonyl (C=O) groups is 1. The van der Waals surface area contributed by atoms with E-state index in [0.29, 0.717) is 23.8 Å². The number of rotatable bonds is 10. The van der Waals surface area contributed by atoms with Crippen molar-refractivity contribution in [3.8, 4) is 17.2 Å². The maximum absolute atomic E-state index is 10.9. The first kappa shape index (κ1) is 18.6. The Labute approximate surface area is 146 Å². The monoisotopic (exact) mass is 348 g/mol. The van der Waals surface area contributed by atoms with Gasteiger partial charge in [-0.25, -0.2) is 4.98 Å². The molecule has 0 unspecified atom stereocenters. The average molecular weight is 348 g/mol. The van der Waals surface area contributed by atoms with Gasteiger partial charge in [0.15, 0.2) is 18.1 Å². The maximum Gasteiger partial charge on any atom is 0.255 e. The molecule has 0 saturated carbocycles. The first-order valence-corrected chi connectivity index (χ1v) is 7.88. The van der Waals surface area contributed by atoms with Gasteiger partial charge in [0.2, 0.25) is 5.75 Å². The van der Waals surface area contributed by atoms with Crippen LogP contribution in [0.3, 0.4) is 0 Å². The summed E-state index contributed by atoms with van der Waals surface area (Å²) >= 11 is 0. The van der Waals surface area contributed by atoms with E-state index in [0.717, 1.165) is 12.1 Å². The van der Waals surface area contributed by atoms with Crippen LogP contribution in [0.4, 0.5) is 0 Å². The second-order valence-electron chi connectivity index (χ2n) is 5.63. The molecule has 0 radical (unpaired) electrons. The summed E-state index contributed by atoms with van der Waals surface area (Å²) in [4.78, 5) is 15.0. The minimum Gasteiger partial charge on any atom is -0.493 e. The summed E-state index contributed by atoms with van der Waals surface area (Å²) < 4.78 is 18.1. The maximum atomic E-state index is 10.9. The topological polar surface area (TPSA) is 101 Å². The van der Waals surface area contributed by atoms with Gasteiger partial charge in [-0.3, -0.25) is 4.79 Å². The quantitative estimate of drug-likeness (QED) is 0.663. The molecule has 1 amide bonds. The SMILES string of the molecule is COc1cc(CN[C@@H](C)Cn2ccnc2)cc(OC)c1OCC(N)=O. The lowest BCUT2D eigenvalue weighted by molar-refractivity contribution is -0.119. The summed E-state index contributed by atoms with van der Waals surface area (Å²) in [6, 6.07) is 3.93. The number of benzene rings is 1. The van der Waals surface area contributed by atoms with Crippen LogP contribution in [0.15, 0.2) is 30.9 Å². The van der Waals surface area contributed by atoms with Crippen molar-refractivity contribution < 1.29 is 19.0 Å². The molecule has 8 heteroatoms. The number of ether oxygens (including phenoxy) is 3. The Bertz CT molecular complexity index is 663. The zero-order valence-corrected chi connectivity index (χ0v) is 14.7. The van der Waals surface area contributed by atoms with E-state index in [1.807, 2.05) is 22.9 Å². The van der Waals surface area contributed by atoms with Crippen LogP contribution in [0.1, 0.15) is 12.5 Å². The van der Waals surface area contributed by atoms with E-state index in [4.69, 9.17) is 19.9 Å². The Kier molecular flexibility index (Phi) is 6.64. The van der Waals surface area contributed by atoms with Crippen molar-refractivity contribution in [3.63, 3.8) is 0 Å². The van der Waals surface area contributed by atoms with E-state index in [-0.39, 0.29) is 12.6 Å². The molecular formula is C17H24N4O4. The molecule has 1 heterocycles. The van der Waals surface area contributed by atoms with E-state index in [9.17, 15) is 4.79 Å². The summed E-state index contributed by atoms with van der Waals surface area (Å²) in [7, 11) is 3.07. The third-order valence-electron chi connectivity index (χ3n) is 3.58. The summed E-state index contributed by atoms with van der Waals surface area (Å²) in [5.74, 6) is 0.765. The smallest absolute Gasteiger partial charge is 0.255 e. The van der Waals surface area contributed by atoms with Crippen molar-refractivity contribution in [1.29, 1.82) is 0 Å². The van der Waals surface area contributed by atoms with Crippen LogP contribution in [-0.2, 0) is 17.9 Å². The molecule has 2 aromatic rings. The van der Waals surface area contributed by atoms with Crippen molar-refractivity contribution in [2.75, 3.05) is 20.8 Å². The van der Waals surface area contributed by atoms with Gasteiger partial charge in [-0.05, 0) is 24.6 Å². The third kappa shape index (κ3) is 5.39. The van der Waals surface area contributed by atoms with Crippen molar-refractivity contribution in [3.05, 3.63) is 36.4 Å². The van der Waals surface area contributed by atoms with Crippen molar-refractivity contribution in [2.45, 2.75) is 26.1 Å². The van der Waals surface area contributed by atoms with Crippen LogP contribution >= 0.6 is 0 Å². The number of nitrogens with zero attached hydrogens (tertiary/aromatic N) is 2. The zero-order valence-electron chi connectivity index (χ0n) is 14.7. The molecule has 0 bridgehead atoms. The third-order valence-corrected chi connectivity index (χ3v) is 3.58. The molecule has 0 aliphatic rings. The molecular weight excluding hydrogens is 324 g/mol. The number of primary amides is 1. The van der Waals surface area contributed by atoms with E-state index >= 15 is 0 Å². The first-order chi connectivity index (χ1) is 12.0. The normalized spacial score (nSPS) is 11.8. The molecule has 25 heavy (non-hydrogen) atoms. The number of nitrogens with one attached hydrogen (secondary N) is 1. The highest BCUT2D eigenvalue weighted by Crippen LogP contribution is 2.38. The summed E-state index contributed by atoms with van der Waals surface area (Å²) in [6.45, 7) is 3.29. The number of aromatic nitrogens is 2. The summed E-state index contributed by atoms with van der Waals surface area (Å²) in [6.07, 6.45) is 5.47. The highest BCUT2D eigenvalue weighted by Gasteiger charge is 2.15. The van der Waals surface area contributed by atoms with Crippen LogP contribution in [0.2, 0.25) is 0 Å². The van der Waals surface area contributed by atoms with Gasteiger partial charge in [0, 0.05) is 31.5 Å². The van der Waals surface area contributed by atoms with E-state index < -0.39 is 5.91 Å². The van der Waals surface area contributed by atoms with E-state index in [1.165, 1.54) is 14.2 Å². The molecule has 1 atom stereocenters. The lowest BCUT2D eigenvalue weighted by Gasteiger charge is -2.18. The molecule has 1 aromatic heterocycles. The Balaban J connectivity index is 2.06. The van der Waals surface area contributed by atoms with Gasteiger partial charge >= 0.3 is 0 Å². The number of imidazole rings is 1. The zero-order chi connectivity index (χ0) is 18.2. The lowest BCUT2D eigenvalue weighted by atomic mass is 10.1. The molecule has 1 aromatic carbocycles. The van der Waals surface area contributed by atoms with Gasteiger partial charge in [0.1, 0.15) is 0 Å². The van der Waals surface area contributed by atoms with Gasteiger partial charge in [0.25, 0.3) is 5.91 Å². The Morgan fingerprint density at radius 2 is 2.00 bits per heavy atom. The molecule has 3 N–H and O–H groups in total. The Morgan fingerprint density at radius 3 is 2.52 bits per heavy atom. The Hall–Kier alpha value is -2.74. The molecule has 0 fully saturated rings. The first-order valence-electron chi connectivity index (χ1n) is 7.88. The fourth-order valence-corrected chi connectivity index (χ4v) is 2.39. The Morgan fingerprint density at radius 1 is 1.32 bits per heavy atom. The molecule has 2 rings (SSSR count). The summed E-state index contributed by atoms with van der Waals surface area (Å²) in [5.41, 5.74) is 6.10. The van der Waals surface area contributed by atoms with Crippen molar-refractivity contribution >= 4 is 5.91 Å². The average Bonchev–Trinajstić information content (AvgIpc) is 3.10. The van der Waals surface area contributed by atoms with Gasteiger partial charge in [-0.15, -0.1) is 0 Å². The predicted molar refractivity (Wildman–Crippen MR) is 92.8 cm³/mol. The minimum absolute atomic E-state index is 0.244. The molecule has 0 saturated heterocycles. The second-order valence-corrected chi connectivity index (χ2v) is 5.63.